The van der Waals surface area contributed by atoms with Crippen molar-refractivity contribution in [3.63, 3.8) is 0 Å². The van der Waals surface area contributed by atoms with Crippen LogP contribution in [0.25, 0.3) is 10.9 Å². The van der Waals surface area contributed by atoms with Gasteiger partial charge >= 0.3 is 0 Å². The first kappa shape index (κ1) is 15.0. The largest absolute Gasteiger partial charge is 0.493 e. The molecule has 0 atom stereocenters. The molecule has 1 heterocycles. The molecule has 0 radical (unpaired) electrons. The molecule has 0 aliphatic heterocycles. The van der Waals surface area contributed by atoms with Gasteiger partial charge < -0.3 is 9.47 Å². The molecule has 6 heteroatoms. The van der Waals surface area contributed by atoms with Gasteiger partial charge in [-0.2, -0.15) is 0 Å². The van der Waals surface area contributed by atoms with E-state index in [0.29, 0.717) is 29.0 Å². The monoisotopic (exact) mass is 290 g/mol. The van der Waals surface area contributed by atoms with Crippen molar-refractivity contribution in [1.29, 1.82) is 0 Å². The Hall–Kier alpha value is -2.37. The lowest BCUT2D eigenvalue weighted by Crippen LogP contribution is -2.03. The summed E-state index contributed by atoms with van der Waals surface area (Å²) in [6, 6.07) is 3.23. The van der Waals surface area contributed by atoms with Crippen LogP contribution in [0.5, 0.6) is 11.5 Å². The molecule has 0 saturated carbocycles. The summed E-state index contributed by atoms with van der Waals surface area (Å²) in [5, 5.41) is 11.9. The number of aryl methyl sites for hydroxylation is 1. The molecular formula is C15H18N2O4. The molecule has 112 valence electrons. The summed E-state index contributed by atoms with van der Waals surface area (Å²) < 4.78 is 11.1. The topological polar surface area (TPSA) is 74.5 Å². The molecule has 21 heavy (non-hydrogen) atoms. The fourth-order valence-electron chi connectivity index (χ4n) is 2.26. The molecule has 2 rings (SSSR count). The minimum absolute atomic E-state index is 0.0685. The highest BCUT2D eigenvalue weighted by atomic mass is 16.6. The molecule has 0 aliphatic carbocycles. The maximum atomic E-state index is 11.3. The molecule has 0 aliphatic rings. The van der Waals surface area contributed by atoms with Gasteiger partial charge in [0, 0.05) is 6.20 Å². The zero-order chi connectivity index (χ0) is 15.4. The first-order valence-electron chi connectivity index (χ1n) is 6.89. The van der Waals surface area contributed by atoms with Crippen LogP contribution in [0.15, 0.2) is 18.3 Å². The van der Waals surface area contributed by atoms with Crippen molar-refractivity contribution in [2.45, 2.75) is 26.7 Å². The van der Waals surface area contributed by atoms with Gasteiger partial charge in [-0.05, 0) is 24.5 Å². The van der Waals surface area contributed by atoms with Crippen molar-refractivity contribution in [2.75, 3.05) is 13.7 Å². The fraction of sp³-hybridized carbons (Fsp3) is 0.400. The molecule has 0 N–H and O–H groups in total. The maximum Gasteiger partial charge on any atom is 0.299 e. The Morgan fingerprint density at radius 3 is 2.71 bits per heavy atom. The first-order valence-corrected chi connectivity index (χ1v) is 6.89. The van der Waals surface area contributed by atoms with Gasteiger partial charge in [-0.25, -0.2) is 4.98 Å². The molecule has 0 spiro atoms. The smallest absolute Gasteiger partial charge is 0.299 e. The van der Waals surface area contributed by atoms with Gasteiger partial charge in [-0.3, -0.25) is 10.1 Å². The second-order valence-corrected chi connectivity index (χ2v) is 4.58. The summed E-state index contributed by atoms with van der Waals surface area (Å²) in [7, 11) is 1.48. The number of nitro benzene ring substituents is 1. The molecule has 0 amide bonds. The minimum atomic E-state index is -0.444. The Kier molecular flexibility index (Phi) is 4.57. The number of non-ortho nitro benzene ring substituents is 1. The van der Waals surface area contributed by atoms with E-state index in [1.54, 1.807) is 6.20 Å². The third-order valence-electron chi connectivity index (χ3n) is 3.25. The summed E-state index contributed by atoms with van der Waals surface area (Å²) in [4.78, 5) is 15.0. The Balaban J connectivity index is 2.84. The van der Waals surface area contributed by atoms with E-state index in [9.17, 15) is 10.1 Å². The number of nitro groups is 1. The van der Waals surface area contributed by atoms with Crippen LogP contribution in [0.1, 0.15) is 25.8 Å². The summed E-state index contributed by atoms with van der Waals surface area (Å²) >= 11 is 0. The predicted octanol–water partition coefficient (Wildman–Crippen LogP) is 3.50. The number of fused-ring (bicyclic) bond motifs is 1. The van der Waals surface area contributed by atoms with Crippen molar-refractivity contribution in [3.05, 3.63) is 34.0 Å². The second kappa shape index (κ2) is 6.39. The van der Waals surface area contributed by atoms with Gasteiger partial charge in [0.1, 0.15) is 0 Å². The molecule has 0 unspecified atom stereocenters. The summed E-state index contributed by atoms with van der Waals surface area (Å²) in [5.74, 6) is 0.898. The van der Waals surface area contributed by atoms with E-state index in [2.05, 4.69) is 4.98 Å². The third kappa shape index (κ3) is 2.74. The van der Waals surface area contributed by atoms with Gasteiger partial charge in [-0.15, -0.1) is 0 Å². The van der Waals surface area contributed by atoms with Gasteiger partial charge in [0.25, 0.3) is 5.69 Å². The van der Waals surface area contributed by atoms with Crippen LogP contribution in [-0.2, 0) is 6.42 Å². The molecule has 0 saturated heterocycles. The molecule has 6 nitrogen and oxygen atoms in total. The number of methoxy groups -OCH3 is 1. The highest BCUT2D eigenvalue weighted by Crippen LogP contribution is 2.42. The minimum Gasteiger partial charge on any atom is -0.493 e. The van der Waals surface area contributed by atoms with Gasteiger partial charge in [-0.1, -0.05) is 13.8 Å². The zero-order valence-electron chi connectivity index (χ0n) is 12.4. The average Bonchev–Trinajstić information content (AvgIpc) is 2.50. The SMILES string of the molecule is CCCOc1c(OC)cc([N+](=O)[O-])c2nccc(CC)c12. The summed E-state index contributed by atoms with van der Waals surface area (Å²) in [5.41, 5.74) is 1.22. The maximum absolute atomic E-state index is 11.3. The van der Waals surface area contributed by atoms with Crippen molar-refractivity contribution in [3.8, 4) is 11.5 Å². The molecular weight excluding hydrogens is 272 g/mol. The number of hydrogen-bond donors (Lipinski definition) is 0. The van der Waals surface area contributed by atoms with Crippen LogP contribution in [0.3, 0.4) is 0 Å². The van der Waals surface area contributed by atoms with Gasteiger partial charge in [0.2, 0.25) is 0 Å². The highest BCUT2D eigenvalue weighted by Gasteiger charge is 2.23. The third-order valence-corrected chi connectivity index (χ3v) is 3.25. The van der Waals surface area contributed by atoms with Crippen LogP contribution in [0, 0.1) is 10.1 Å². The molecule has 1 aromatic carbocycles. The van der Waals surface area contributed by atoms with E-state index in [4.69, 9.17) is 9.47 Å². The normalized spacial score (nSPS) is 10.6. The molecule has 2 aromatic rings. The number of nitrogens with zero attached hydrogens (tertiary/aromatic N) is 2. The lowest BCUT2D eigenvalue weighted by Gasteiger charge is -2.15. The van der Waals surface area contributed by atoms with Gasteiger partial charge in [0.15, 0.2) is 17.0 Å². The Morgan fingerprint density at radius 1 is 1.38 bits per heavy atom. The Bertz CT molecular complexity index is 670. The zero-order valence-corrected chi connectivity index (χ0v) is 12.4. The van der Waals surface area contributed by atoms with E-state index < -0.39 is 4.92 Å². The quantitative estimate of drug-likeness (QED) is 0.601. The van der Waals surface area contributed by atoms with E-state index in [1.165, 1.54) is 13.2 Å². The lowest BCUT2D eigenvalue weighted by atomic mass is 10.0. The Labute approximate surface area is 122 Å². The molecule has 0 bridgehead atoms. The number of benzene rings is 1. The van der Waals surface area contributed by atoms with Crippen molar-refractivity contribution in [1.82, 2.24) is 4.98 Å². The van der Waals surface area contributed by atoms with Crippen LogP contribution in [-0.4, -0.2) is 23.6 Å². The standard InChI is InChI=1S/C15H18N2O4/c1-4-8-21-15-12(20-3)9-11(17(18)19)14-13(15)10(5-2)6-7-16-14/h6-7,9H,4-5,8H2,1-3H3. The lowest BCUT2D eigenvalue weighted by molar-refractivity contribution is -0.383. The molecule has 1 aromatic heterocycles. The van der Waals surface area contributed by atoms with E-state index >= 15 is 0 Å². The number of rotatable bonds is 6. The van der Waals surface area contributed by atoms with Crippen LogP contribution >= 0.6 is 0 Å². The van der Waals surface area contributed by atoms with E-state index in [0.717, 1.165) is 18.4 Å². The second-order valence-electron chi connectivity index (χ2n) is 4.58. The van der Waals surface area contributed by atoms with Crippen LogP contribution in [0.2, 0.25) is 0 Å². The van der Waals surface area contributed by atoms with Crippen molar-refractivity contribution < 1.29 is 14.4 Å². The Morgan fingerprint density at radius 2 is 2.14 bits per heavy atom. The highest BCUT2D eigenvalue weighted by molar-refractivity contribution is 5.97. The number of pyridine rings is 1. The van der Waals surface area contributed by atoms with E-state index in [1.807, 2.05) is 19.9 Å². The average molecular weight is 290 g/mol. The fourth-order valence-corrected chi connectivity index (χ4v) is 2.26. The van der Waals surface area contributed by atoms with Crippen LogP contribution in [0.4, 0.5) is 5.69 Å². The van der Waals surface area contributed by atoms with E-state index in [-0.39, 0.29) is 5.69 Å². The van der Waals surface area contributed by atoms with Crippen LogP contribution < -0.4 is 9.47 Å². The number of aromatic nitrogens is 1. The number of hydrogen-bond acceptors (Lipinski definition) is 5. The first-order chi connectivity index (χ1) is 10.1. The predicted molar refractivity (Wildman–Crippen MR) is 80.1 cm³/mol. The number of ether oxygens (including phenoxy) is 2. The summed E-state index contributed by atoms with van der Waals surface area (Å²) in [6.45, 7) is 4.50. The summed E-state index contributed by atoms with van der Waals surface area (Å²) in [6.07, 6.45) is 3.15. The van der Waals surface area contributed by atoms with Crippen molar-refractivity contribution >= 4 is 16.6 Å². The molecule has 0 fully saturated rings. The van der Waals surface area contributed by atoms with Gasteiger partial charge in [0.05, 0.1) is 30.1 Å². The van der Waals surface area contributed by atoms with Crippen molar-refractivity contribution in [2.24, 2.45) is 0 Å².